The monoisotopic (exact) mass is 324 g/mol. The smallest absolute Gasteiger partial charge is 0.232 e. The summed E-state index contributed by atoms with van der Waals surface area (Å²) in [5, 5.41) is 7.10. The number of hydrogen-bond donors (Lipinski definition) is 1. The summed E-state index contributed by atoms with van der Waals surface area (Å²) in [6.07, 6.45) is 5.89. The number of amides is 2. The van der Waals surface area contributed by atoms with Gasteiger partial charge in [-0.15, -0.1) is 0 Å². The van der Waals surface area contributed by atoms with Gasteiger partial charge < -0.3 is 10.2 Å². The zero-order valence-corrected chi connectivity index (χ0v) is 13.4. The molecule has 0 saturated carbocycles. The number of nitrogens with zero attached hydrogens (tertiary/aromatic N) is 3. The highest BCUT2D eigenvalue weighted by molar-refractivity contribution is 6.04. The van der Waals surface area contributed by atoms with Crippen LogP contribution in [0, 0.1) is 0 Å². The molecule has 4 rings (SSSR count). The van der Waals surface area contributed by atoms with Crippen LogP contribution in [0.25, 0.3) is 0 Å². The van der Waals surface area contributed by atoms with Gasteiger partial charge in [-0.25, -0.2) is 0 Å². The van der Waals surface area contributed by atoms with Crippen LogP contribution in [0.15, 0.2) is 42.7 Å². The van der Waals surface area contributed by atoms with Crippen molar-refractivity contribution in [2.24, 2.45) is 0 Å². The fourth-order valence-corrected chi connectivity index (χ4v) is 3.75. The maximum absolute atomic E-state index is 12.8. The molecule has 0 aliphatic carbocycles. The first-order chi connectivity index (χ1) is 11.7. The van der Waals surface area contributed by atoms with Gasteiger partial charge >= 0.3 is 0 Å². The molecule has 1 aromatic carbocycles. The second kappa shape index (κ2) is 6.11. The van der Waals surface area contributed by atoms with E-state index in [0.29, 0.717) is 6.54 Å². The number of anilines is 1. The molecule has 0 bridgehead atoms. The van der Waals surface area contributed by atoms with Crippen LogP contribution in [0.4, 0.5) is 5.69 Å². The number of carbonyl (C=O) groups is 2. The molecule has 0 spiro atoms. The minimum atomic E-state index is -0.375. The van der Waals surface area contributed by atoms with Crippen LogP contribution in [0.5, 0.6) is 0 Å². The number of hydrogen-bond acceptors (Lipinski definition) is 3. The fourth-order valence-electron chi connectivity index (χ4n) is 3.75. The van der Waals surface area contributed by atoms with Gasteiger partial charge in [0.05, 0.1) is 18.5 Å². The van der Waals surface area contributed by atoms with E-state index in [0.717, 1.165) is 30.6 Å². The van der Waals surface area contributed by atoms with Crippen LogP contribution in [-0.2, 0) is 16.1 Å². The molecule has 2 aromatic rings. The zero-order chi connectivity index (χ0) is 16.5. The lowest BCUT2D eigenvalue weighted by atomic mass is 9.96. The molecule has 0 radical (unpaired) electrons. The second-order valence-electron chi connectivity index (χ2n) is 6.44. The van der Waals surface area contributed by atoms with Gasteiger partial charge in [-0.05, 0) is 30.5 Å². The van der Waals surface area contributed by atoms with E-state index in [4.69, 9.17) is 0 Å². The first kappa shape index (κ1) is 14.9. The number of likely N-dealkylation sites (tertiary alicyclic amines) is 1. The Balaban J connectivity index is 1.47. The average molecular weight is 324 g/mol. The van der Waals surface area contributed by atoms with E-state index in [1.807, 2.05) is 46.1 Å². The lowest BCUT2D eigenvalue weighted by Crippen LogP contribution is -2.39. The average Bonchev–Trinajstić information content (AvgIpc) is 3.30. The van der Waals surface area contributed by atoms with Gasteiger partial charge in [0.1, 0.15) is 0 Å². The number of para-hydroxylation sites is 1. The van der Waals surface area contributed by atoms with Crippen molar-refractivity contribution in [3.63, 3.8) is 0 Å². The lowest BCUT2D eigenvalue weighted by Gasteiger charge is -2.25. The SMILES string of the molecule is O=C1Nc2ccccc2[C@H]1CC(=O)N1CCC[C@H]1Cn1cccn1. The molecule has 2 atom stereocenters. The molecular formula is C18H20N4O2. The summed E-state index contributed by atoms with van der Waals surface area (Å²) in [5.74, 6) is -0.395. The maximum Gasteiger partial charge on any atom is 0.232 e. The molecule has 6 heteroatoms. The van der Waals surface area contributed by atoms with Gasteiger partial charge in [0.15, 0.2) is 0 Å². The van der Waals surface area contributed by atoms with Crippen LogP contribution < -0.4 is 5.32 Å². The van der Waals surface area contributed by atoms with Crippen molar-refractivity contribution in [1.82, 2.24) is 14.7 Å². The Morgan fingerprint density at radius 1 is 1.29 bits per heavy atom. The minimum Gasteiger partial charge on any atom is -0.338 e. The van der Waals surface area contributed by atoms with E-state index in [9.17, 15) is 9.59 Å². The molecule has 1 N–H and O–H groups in total. The number of aromatic nitrogens is 2. The van der Waals surface area contributed by atoms with Crippen molar-refractivity contribution < 1.29 is 9.59 Å². The standard InChI is InChI=1S/C18H20N4O2/c23-17(11-15-14-6-1-2-7-16(14)20-18(15)24)22-10-3-5-13(22)12-21-9-4-8-19-21/h1-2,4,6-9,13,15H,3,5,10-12H2,(H,20,24)/t13-,15+/m0/s1. The van der Waals surface area contributed by atoms with Crippen molar-refractivity contribution in [3.8, 4) is 0 Å². The Kier molecular flexibility index (Phi) is 3.80. The molecule has 24 heavy (non-hydrogen) atoms. The van der Waals surface area contributed by atoms with Crippen LogP contribution in [0.2, 0.25) is 0 Å². The molecule has 3 heterocycles. The van der Waals surface area contributed by atoms with Gasteiger partial charge in [0.25, 0.3) is 0 Å². The Bertz CT molecular complexity index is 756. The first-order valence-electron chi connectivity index (χ1n) is 8.39. The second-order valence-corrected chi connectivity index (χ2v) is 6.44. The summed E-state index contributed by atoms with van der Waals surface area (Å²) in [5.41, 5.74) is 1.76. The minimum absolute atomic E-state index is 0.0570. The molecule has 2 amide bonds. The molecule has 124 valence electrons. The Morgan fingerprint density at radius 2 is 2.17 bits per heavy atom. The van der Waals surface area contributed by atoms with Gasteiger partial charge in [-0.1, -0.05) is 18.2 Å². The van der Waals surface area contributed by atoms with E-state index >= 15 is 0 Å². The van der Waals surface area contributed by atoms with E-state index in [-0.39, 0.29) is 30.2 Å². The number of fused-ring (bicyclic) bond motifs is 1. The van der Waals surface area contributed by atoms with Gasteiger partial charge in [0, 0.05) is 31.0 Å². The number of benzene rings is 1. The van der Waals surface area contributed by atoms with Crippen molar-refractivity contribution in [3.05, 3.63) is 48.3 Å². The van der Waals surface area contributed by atoms with Crippen molar-refractivity contribution >= 4 is 17.5 Å². The molecule has 6 nitrogen and oxygen atoms in total. The fraction of sp³-hybridized carbons (Fsp3) is 0.389. The van der Waals surface area contributed by atoms with Crippen LogP contribution in [-0.4, -0.2) is 39.1 Å². The first-order valence-corrected chi connectivity index (χ1v) is 8.39. The molecule has 1 saturated heterocycles. The third-order valence-corrected chi connectivity index (χ3v) is 4.94. The Hall–Kier alpha value is -2.63. The van der Waals surface area contributed by atoms with Gasteiger partial charge in [0.2, 0.25) is 11.8 Å². The number of nitrogens with one attached hydrogen (secondary N) is 1. The lowest BCUT2D eigenvalue weighted by molar-refractivity contribution is -0.134. The Labute approximate surface area is 140 Å². The van der Waals surface area contributed by atoms with Gasteiger partial charge in [-0.2, -0.15) is 5.10 Å². The predicted octanol–water partition coefficient (Wildman–Crippen LogP) is 2.00. The number of carbonyl (C=O) groups excluding carboxylic acids is 2. The van der Waals surface area contributed by atoms with E-state index < -0.39 is 0 Å². The van der Waals surface area contributed by atoms with Crippen molar-refractivity contribution in [1.29, 1.82) is 0 Å². The highest BCUT2D eigenvalue weighted by atomic mass is 16.2. The molecular weight excluding hydrogens is 304 g/mol. The Morgan fingerprint density at radius 3 is 3.00 bits per heavy atom. The topological polar surface area (TPSA) is 67.2 Å². The van der Waals surface area contributed by atoms with Gasteiger partial charge in [-0.3, -0.25) is 14.3 Å². The summed E-state index contributed by atoms with van der Waals surface area (Å²) < 4.78 is 1.87. The summed E-state index contributed by atoms with van der Waals surface area (Å²) in [6.45, 7) is 1.48. The van der Waals surface area contributed by atoms with E-state index in [2.05, 4.69) is 10.4 Å². The third kappa shape index (κ3) is 2.68. The zero-order valence-electron chi connectivity index (χ0n) is 13.4. The third-order valence-electron chi connectivity index (χ3n) is 4.94. The summed E-state index contributed by atoms with van der Waals surface area (Å²) >= 11 is 0. The number of rotatable bonds is 4. The van der Waals surface area contributed by atoms with Crippen LogP contribution >= 0.6 is 0 Å². The molecule has 0 unspecified atom stereocenters. The maximum atomic E-state index is 12.8. The molecule has 1 aromatic heterocycles. The van der Waals surface area contributed by atoms with E-state index in [1.165, 1.54) is 0 Å². The highest BCUT2D eigenvalue weighted by Gasteiger charge is 2.36. The quantitative estimate of drug-likeness (QED) is 0.935. The van der Waals surface area contributed by atoms with E-state index in [1.54, 1.807) is 6.20 Å². The summed E-state index contributed by atoms with van der Waals surface area (Å²) in [7, 11) is 0. The molecule has 2 aliphatic rings. The molecule has 1 fully saturated rings. The largest absolute Gasteiger partial charge is 0.338 e. The predicted molar refractivity (Wildman–Crippen MR) is 89.4 cm³/mol. The normalized spacial score (nSPS) is 22.5. The highest BCUT2D eigenvalue weighted by Crippen LogP contribution is 2.35. The summed E-state index contributed by atoms with van der Waals surface area (Å²) in [4.78, 5) is 27.0. The van der Waals surface area contributed by atoms with Crippen molar-refractivity contribution in [2.45, 2.75) is 37.8 Å². The summed E-state index contributed by atoms with van der Waals surface area (Å²) in [6, 6.07) is 9.67. The van der Waals surface area contributed by atoms with Crippen LogP contribution in [0.3, 0.4) is 0 Å². The van der Waals surface area contributed by atoms with Crippen LogP contribution in [0.1, 0.15) is 30.7 Å². The molecule has 2 aliphatic heterocycles. The van der Waals surface area contributed by atoms with Crippen molar-refractivity contribution in [2.75, 3.05) is 11.9 Å².